The maximum Gasteiger partial charge on any atom is 0.312 e. The monoisotopic (exact) mass is 594 g/mol. The van der Waals surface area contributed by atoms with Gasteiger partial charge in [-0.15, -0.1) is 0 Å². The fraction of sp³-hybridized carbons (Fsp3) is 0.200. The number of ether oxygens (including phenoxy) is 5. The van der Waals surface area contributed by atoms with E-state index in [4.69, 9.17) is 28.1 Å². The van der Waals surface area contributed by atoms with Crippen molar-refractivity contribution in [2.24, 2.45) is 0 Å². The zero-order valence-electron chi connectivity index (χ0n) is 24.4. The van der Waals surface area contributed by atoms with Crippen LogP contribution in [-0.2, 0) is 11.2 Å². The number of phenolic OH excluding ortho intramolecular Hbond substituents is 1. The molecule has 1 aliphatic rings. The van der Waals surface area contributed by atoms with Crippen LogP contribution in [0.3, 0.4) is 0 Å². The molecule has 44 heavy (non-hydrogen) atoms. The predicted molar refractivity (Wildman–Crippen MR) is 163 cm³/mol. The zero-order chi connectivity index (χ0) is 30.8. The number of hydrogen-bond acceptors (Lipinski definition) is 9. The van der Waals surface area contributed by atoms with Crippen LogP contribution >= 0.6 is 0 Å². The van der Waals surface area contributed by atoms with Crippen molar-refractivity contribution >= 4 is 16.9 Å². The lowest BCUT2D eigenvalue weighted by molar-refractivity contribution is -0.135. The SMILES string of the molecule is COc1ccc(CCOc2ccc([C@H]3CC(=O)Oc4cc(O)c5c(=O)c(-c6ccc(OC)c(OC)c6)coc5c43)cc2)cc1. The number of phenols is 1. The maximum atomic E-state index is 13.8. The Morgan fingerprint density at radius 2 is 1.57 bits per heavy atom. The van der Waals surface area contributed by atoms with Crippen LogP contribution in [0.25, 0.3) is 22.1 Å². The van der Waals surface area contributed by atoms with Crippen LogP contribution in [0.5, 0.6) is 34.5 Å². The summed E-state index contributed by atoms with van der Waals surface area (Å²) in [6, 6.07) is 21.6. The minimum Gasteiger partial charge on any atom is -0.507 e. The predicted octanol–water partition coefficient (Wildman–Crippen LogP) is 6.25. The van der Waals surface area contributed by atoms with Crippen LogP contribution in [0.1, 0.15) is 29.0 Å². The van der Waals surface area contributed by atoms with E-state index in [1.807, 2.05) is 48.5 Å². The van der Waals surface area contributed by atoms with Gasteiger partial charge in [-0.3, -0.25) is 9.59 Å². The van der Waals surface area contributed by atoms with Crippen LogP contribution < -0.4 is 29.1 Å². The van der Waals surface area contributed by atoms with Gasteiger partial charge >= 0.3 is 5.97 Å². The van der Waals surface area contributed by atoms with Gasteiger partial charge in [0.1, 0.15) is 40.2 Å². The fourth-order valence-electron chi connectivity index (χ4n) is 5.50. The molecule has 9 nitrogen and oxygen atoms in total. The Hall–Kier alpha value is -5.44. The molecule has 2 heterocycles. The molecule has 0 amide bonds. The van der Waals surface area contributed by atoms with Crippen molar-refractivity contribution in [2.45, 2.75) is 18.8 Å². The summed E-state index contributed by atoms with van der Waals surface area (Å²) in [5.41, 5.74) is 2.94. The topological polar surface area (TPSA) is 114 Å². The van der Waals surface area contributed by atoms with Gasteiger partial charge in [-0.1, -0.05) is 30.3 Å². The van der Waals surface area contributed by atoms with E-state index >= 15 is 0 Å². The Balaban J connectivity index is 1.31. The Morgan fingerprint density at radius 3 is 2.27 bits per heavy atom. The molecule has 0 spiro atoms. The van der Waals surface area contributed by atoms with E-state index in [0.29, 0.717) is 35.0 Å². The Labute approximate surface area is 253 Å². The van der Waals surface area contributed by atoms with Crippen molar-refractivity contribution in [3.05, 3.63) is 106 Å². The Bertz CT molecular complexity index is 1890. The highest BCUT2D eigenvalue weighted by Crippen LogP contribution is 2.46. The van der Waals surface area contributed by atoms with Gasteiger partial charge in [0, 0.05) is 24.0 Å². The number of rotatable bonds is 9. The van der Waals surface area contributed by atoms with Crippen molar-refractivity contribution in [1.82, 2.24) is 0 Å². The standard InChI is InChI=1S/C35H30O9/c1-39-23-9-4-20(5-10-23)14-15-42-24-11-6-21(7-12-24)25-17-31(37)44-30-18-27(36)33-34(38)26(19-43-35(33)32(25)30)22-8-13-28(40-2)29(16-22)41-3/h4-13,16,18-19,25,36H,14-15,17H2,1-3H3/t25-/m1/s1. The molecule has 4 aromatic carbocycles. The molecule has 0 saturated carbocycles. The molecular weight excluding hydrogens is 564 g/mol. The van der Waals surface area contributed by atoms with Crippen LogP contribution in [0, 0.1) is 0 Å². The van der Waals surface area contributed by atoms with Crippen molar-refractivity contribution in [1.29, 1.82) is 0 Å². The average molecular weight is 595 g/mol. The van der Waals surface area contributed by atoms with Gasteiger partial charge in [-0.2, -0.15) is 0 Å². The van der Waals surface area contributed by atoms with Crippen molar-refractivity contribution < 1.29 is 38.0 Å². The van der Waals surface area contributed by atoms with Gasteiger partial charge in [0.15, 0.2) is 11.5 Å². The average Bonchev–Trinajstić information content (AvgIpc) is 3.04. The molecule has 0 radical (unpaired) electrons. The highest BCUT2D eigenvalue weighted by molar-refractivity contribution is 5.94. The van der Waals surface area contributed by atoms with E-state index in [1.165, 1.54) is 26.5 Å². The summed E-state index contributed by atoms with van der Waals surface area (Å²) in [4.78, 5) is 26.4. The van der Waals surface area contributed by atoms with Crippen molar-refractivity contribution in [3.8, 4) is 45.6 Å². The highest BCUT2D eigenvalue weighted by Gasteiger charge is 2.33. The molecule has 224 valence electrons. The van der Waals surface area contributed by atoms with E-state index in [2.05, 4.69) is 0 Å². The van der Waals surface area contributed by atoms with Crippen LogP contribution in [-0.4, -0.2) is 39.0 Å². The van der Waals surface area contributed by atoms with E-state index in [9.17, 15) is 14.7 Å². The maximum absolute atomic E-state index is 13.8. The van der Waals surface area contributed by atoms with Crippen LogP contribution in [0.15, 0.2) is 88.3 Å². The highest BCUT2D eigenvalue weighted by atomic mass is 16.5. The molecule has 1 atom stereocenters. The van der Waals surface area contributed by atoms with Crippen molar-refractivity contribution in [2.75, 3.05) is 27.9 Å². The third-order valence-corrected chi connectivity index (χ3v) is 7.77. The number of aromatic hydroxyl groups is 1. The summed E-state index contributed by atoms with van der Waals surface area (Å²) in [7, 11) is 4.67. The van der Waals surface area contributed by atoms with Gasteiger partial charge in [0.2, 0.25) is 5.43 Å². The largest absolute Gasteiger partial charge is 0.507 e. The molecule has 1 aliphatic heterocycles. The number of benzene rings is 4. The molecule has 0 aliphatic carbocycles. The van der Waals surface area contributed by atoms with Crippen LogP contribution in [0.4, 0.5) is 0 Å². The van der Waals surface area contributed by atoms with Gasteiger partial charge in [0.05, 0.1) is 39.9 Å². The lowest BCUT2D eigenvalue weighted by Crippen LogP contribution is -2.22. The summed E-state index contributed by atoms with van der Waals surface area (Å²) in [5.74, 6) is 1.32. The Morgan fingerprint density at radius 1 is 0.841 bits per heavy atom. The third kappa shape index (κ3) is 5.40. The molecule has 9 heteroatoms. The molecule has 0 unspecified atom stereocenters. The molecule has 5 aromatic rings. The summed E-state index contributed by atoms with van der Waals surface area (Å²) in [6.45, 7) is 0.488. The minimum absolute atomic E-state index is 0.00234. The van der Waals surface area contributed by atoms with Crippen LogP contribution in [0.2, 0.25) is 0 Å². The first-order valence-electron chi connectivity index (χ1n) is 14.0. The molecule has 6 rings (SSSR count). The van der Waals surface area contributed by atoms with E-state index < -0.39 is 17.3 Å². The van der Waals surface area contributed by atoms with Gasteiger partial charge in [0.25, 0.3) is 0 Å². The summed E-state index contributed by atoms with van der Waals surface area (Å²) in [6.07, 6.45) is 2.11. The molecule has 1 aromatic heterocycles. The number of esters is 1. The summed E-state index contributed by atoms with van der Waals surface area (Å²) >= 11 is 0. The van der Waals surface area contributed by atoms with E-state index in [-0.39, 0.29) is 34.5 Å². The summed E-state index contributed by atoms with van der Waals surface area (Å²) in [5, 5.41) is 10.9. The molecule has 0 fully saturated rings. The number of carbonyl (C=O) groups is 1. The van der Waals surface area contributed by atoms with Gasteiger partial charge in [-0.05, 0) is 53.1 Å². The lowest BCUT2D eigenvalue weighted by Gasteiger charge is -2.26. The van der Waals surface area contributed by atoms with Gasteiger partial charge in [-0.25, -0.2) is 0 Å². The summed E-state index contributed by atoms with van der Waals surface area (Å²) < 4.78 is 33.4. The second kappa shape index (κ2) is 12.0. The number of methoxy groups -OCH3 is 3. The Kier molecular flexibility index (Phi) is 7.85. The minimum atomic E-state index is -0.474. The van der Waals surface area contributed by atoms with Gasteiger partial charge < -0.3 is 33.2 Å². The number of carbonyl (C=O) groups excluding carboxylic acids is 1. The smallest absolute Gasteiger partial charge is 0.312 e. The third-order valence-electron chi connectivity index (χ3n) is 7.77. The van der Waals surface area contributed by atoms with E-state index in [0.717, 1.165) is 23.3 Å². The first kappa shape index (κ1) is 28.7. The molecular formula is C35H30O9. The first-order chi connectivity index (χ1) is 21.4. The molecule has 0 bridgehead atoms. The normalized spacial score (nSPS) is 14.1. The molecule has 1 N–H and O–H groups in total. The molecule has 0 saturated heterocycles. The number of hydrogen-bond donors (Lipinski definition) is 1. The second-order valence-corrected chi connectivity index (χ2v) is 10.3. The van der Waals surface area contributed by atoms with Crippen molar-refractivity contribution in [3.63, 3.8) is 0 Å². The lowest BCUT2D eigenvalue weighted by atomic mass is 9.85. The fourth-order valence-corrected chi connectivity index (χ4v) is 5.50. The second-order valence-electron chi connectivity index (χ2n) is 10.3. The zero-order valence-corrected chi connectivity index (χ0v) is 24.4. The van der Waals surface area contributed by atoms with E-state index in [1.54, 1.807) is 25.3 Å². The first-order valence-corrected chi connectivity index (χ1v) is 14.0. The quantitative estimate of drug-likeness (QED) is 0.156. The number of fused-ring (bicyclic) bond motifs is 3.